The second-order valence-electron chi connectivity index (χ2n) is 5.14. The monoisotopic (exact) mass is 374 g/mol. The zero-order valence-electron chi connectivity index (χ0n) is 12.9. The van der Waals surface area contributed by atoms with E-state index in [0.717, 1.165) is 22.1 Å². The summed E-state index contributed by atoms with van der Waals surface area (Å²) in [7, 11) is 0. The third-order valence-corrected chi connectivity index (χ3v) is 4.17. The average molecular weight is 375 g/mol. The third kappa shape index (κ3) is 5.53. The van der Waals surface area contributed by atoms with Crippen LogP contribution in [0.4, 0.5) is 5.69 Å². The number of halogens is 1. The molecule has 23 heavy (non-hydrogen) atoms. The molecule has 0 aromatic heterocycles. The normalized spacial score (nSPS) is 10.2. The second-order valence-corrected chi connectivity index (χ2v) is 6.00. The van der Waals surface area contributed by atoms with Gasteiger partial charge in [-0.2, -0.15) is 0 Å². The van der Waals surface area contributed by atoms with Gasteiger partial charge in [0.2, 0.25) is 11.8 Å². The number of hydrogen-bond donors (Lipinski definition) is 2. The highest BCUT2D eigenvalue weighted by Crippen LogP contribution is 2.16. The SMILES string of the molecule is CCc1ccc(NC(=O)CNC(=O)Cc2ccccc2Br)cc1. The Bertz CT molecular complexity index is 684. The molecular weight excluding hydrogens is 356 g/mol. The Kier molecular flexibility index (Phi) is 6.35. The van der Waals surface area contributed by atoms with E-state index in [1.54, 1.807) is 0 Å². The summed E-state index contributed by atoms with van der Waals surface area (Å²) in [4.78, 5) is 23.7. The number of carbonyl (C=O) groups excluding carboxylic acids is 2. The Hall–Kier alpha value is -2.14. The Labute approximate surface area is 144 Å². The molecule has 0 radical (unpaired) electrons. The first-order valence-electron chi connectivity index (χ1n) is 7.47. The van der Waals surface area contributed by atoms with Gasteiger partial charge >= 0.3 is 0 Å². The number of anilines is 1. The molecule has 0 atom stereocenters. The maximum Gasteiger partial charge on any atom is 0.243 e. The first-order valence-corrected chi connectivity index (χ1v) is 8.26. The summed E-state index contributed by atoms with van der Waals surface area (Å²) in [6.45, 7) is 2.03. The lowest BCUT2D eigenvalue weighted by Gasteiger charge is -2.08. The molecule has 0 spiro atoms. The molecule has 2 aromatic carbocycles. The number of amides is 2. The quantitative estimate of drug-likeness (QED) is 0.814. The lowest BCUT2D eigenvalue weighted by Crippen LogP contribution is -2.33. The minimum atomic E-state index is -0.241. The van der Waals surface area contributed by atoms with Crippen LogP contribution < -0.4 is 10.6 Å². The summed E-state index contributed by atoms with van der Waals surface area (Å²) in [5.41, 5.74) is 2.83. The van der Waals surface area contributed by atoms with Gasteiger partial charge in [-0.05, 0) is 35.7 Å². The summed E-state index contributed by atoms with van der Waals surface area (Å²) in [6, 6.07) is 15.2. The van der Waals surface area contributed by atoms with E-state index >= 15 is 0 Å². The number of aryl methyl sites for hydroxylation is 1. The van der Waals surface area contributed by atoms with Gasteiger partial charge in [0, 0.05) is 10.2 Å². The van der Waals surface area contributed by atoms with Crippen LogP contribution in [0.1, 0.15) is 18.1 Å². The molecule has 0 aliphatic heterocycles. The summed E-state index contributed by atoms with van der Waals surface area (Å²) in [5, 5.41) is 5.39. The summed E-state index contributed by atoms with van der Waals surface area (Å²) in [6.07, 6.45) is 1.19. The Morgan fingerprint density at radius 1 is 1.00 bits per heavy atom. The highest BCUT2D eigenvalue weighted by atomic mass is 79.9. The van der Waals surface area contributed by atoms with Crippen LogP contribution >= 0.6 is 15.9 Å². The fraction of sp³-hybridized carbons (Fsp3) is 0.222. The van der Waals surface area contributed by atoms with Gasteiger partial charge in [-0.25, -0.2) is 0 Å². The van der Waals surface area contributed by atoms with Gasteiger partial charge in [-0.1, -0.05) is 53.2 Å². The zero-order chi connectivity index (χ0) is 16.7. The van der Waals surface area contributed by atoms with Crippen molar-refractivity contribution < 1.29 is 9.59 Å². The van der Waals surface area contributed by atoms with Crippen LogP contribution in [0.15, 0.2) is 53.0 Å². The largest absolute Gasteiger partial charge is 0.347 e. The zero-order valence-corrected chi connectivity index (χ0v) is 14.5. The Morgan fingerprint density at radius 3 is 2.35 bits per heavy atom. The van der Waals surface area contributed by atoms with Gasteiger partial charge in [0.25, 0.3) is 0 Å². The van der Waals surface area contributed by atoms with Gasteiger partial charge in [0.15, 0.2) is 0 Å². The highest BCUT2D eigenvalue weighted by molar-refractivity contribution is 9.10. The van der Waals surface area contributed by atoms with Crippen LogP contribution in [0.5, 0.6) is 0 Å². The van der Waals surface area contributed by atoms with Crippen molar-refractivity contribution in [3.8, 4) is 0 Å². The van der Waals surface area contributed by atoms with Crippen LogP contribution in [0.25, 0.3) is 0 Å². The standard InChI is InChI=1S/C18H19BrN2O2/c1-2-13-7-9-15(10-8-13)21-18(23)12-20-17(22)11-14-5-3-4-6-16(14)19/h3-10H,2,11-12H2,1H3,(H,20,22)(H,21,23). The van der Waals surface area contributed by atoms with E-state index in [1.807, 2.05) is 48.5 Å². The van der Waals surface area contributed by atoms with E-state index in [2.05, 4.69) is 33.5 Å². The molecule has 0 heterocycles. The predicted molar refractivity (Wildman–Crippen MR) is 95.3 cm³/mol. The van der Waals surface area contributed by atoms with Crippen molar-refractivity contribution in [2.75, 3.05) is 11.9 Å². The van der Waals surface area contributed by atoms with Crippen molar-refractivity contribution in [3.63, 3.8) is 0 Å². The Morgan fingerprint density at radius 2 is 1.70 bits per heavy atom. The maximum absolute atomic E-state index is 11.9. The van der Waals surface area contributed by atoms with Crippen LogP contribution in [-0.2, 0) is 22.4 Å². The molecule has 0 saturated carbocycles. The Balaban J connectivity index is 1.79. The fourth-order valence-corrected chi connectivity index (χ4v) is 2.51. The molecule has 0 aliphatic rings. The van der Waals surface area contributed by atoms with E-state index in [0.29, 0.717) is 0 Å². The molecule has 0 unspecified atom stereocenters. The molecular formula is C18H19BrN2O2. The van der Waals surface area contributed by atoms with Gasteiger partial charge in [0.1, 0.15) is 0 Å². The molecule has 0 saturated heterocycles. The van der Waals surface area contributed by atoms with E-state index in [1.165, 1.54) is 5.56 Å². The van der Waals surface area contributed by atoms with Gasteiger partial charge in [0.05, 0.1) is 13.0 Å². The summed E-state index contributed by atoms with van der Waals surface area (Å²) in [5.74, 6) is -0.428. The molecule has 2 aromatic rings. The van der Waals surface area contributed by atoms with Crippen LogP contribution in [0, 0.1) is 0 Å². The van der Waals surface area contributed by atoms with Crippen molar-refractivity contribution in [2.24, 2.45) is 0 Å². The van der Waals surface area contributed by atoms with Gasteiger partial charge in [-0.15, -0.1) is 0 Å². The number of benzene rings is 2. The summed E-state index contributed by atoms with van der Waals surface area (Å²) >= 11 is 3.40. The van der Waals surface area contributed by atoms with Gasteiger partial charge < -0.3 is 10.6 Å². The van der Waals surface area contributed by atoms with E-state index in [-0.39, 0.29) is 24.8 Å². The number of rotatable bonds is 6. The van der Waals surface area contributed by atoms with Gasteiger partial charge in [-0.3, -0.25) is 9.59 Å². The van der Waals surface area contributed by atoms with Crippen molar-refractivity contribution in [3.05, 3.63) is 64.1 Å². The predicted octanol–water partition coefficient (Wildman–Crippen LogP) is 3.31. The van der Waals surface area contributed by atoms with Crippen LogP contribution in [-0.4, -0.2) is 18.4 Å². The molecule has 4 nitrogen and oxygen atoms in total. The maximum atomic E-state index is 11.9. The van der Waals surface area contributed by atoms with E-state index in [4.69, 9.17) is 0 Å². The first kappa shape index (κ1) is 17.2. The number of carbonyl (C=O) groups is 2. The fourth-order valence-electron chi connectivity index (χ4n) is 2.09. The van der Waals surface area contributed by atoms with E-state index in [9.17, 15) is 9.59 Å². The first-order chi connectivity index (χ1) is 11.1. The highest BCUT2D eigenvalue weighted by Gasteiger charge is 2.08. The smallest absolute Gasteiger partial charge is 0.243 e. The summed E-state index contributed by atoms with van der Waals surface area (Å²) < 4.78 is 0.885. The molecule has 2 amide bonds. The van der Waals surface area contributed by atoms with Crippen LogP contribution in [0.3, 0.4) is 0 Å². The van der Waals surface area contributed by atoms with Crippen molar-refractivity contribution in [1.82, 2.24) is 5.32 Å². The molecule has 0 fully saturated rings. The average Bonchev–Trinajstić information content (AvgIpc) is 2.56. The van der Waals surface area contributed by atoms with Crippen molar-refractivity contribution in [1.29, 1.82) is 0 Å². The minimum absolute atomic E-state index is 0.0428. The topological polar surface area (TPSA) is 58.2 Å². The molecule has 5 heteroatoms. The van der Waals surface area contributed by atoms with Crippen molar-refractivity contribution in [2.45, 2.75) is 19.8 Å². The molecule has 0 bridgehead atoms. The number of nitrogens with one attached hydrogen (secondary N) is 2. The lowest BCUT2D eigenvalue weighted by molar-refractivity contribution is -0.123. The molecule has 2 N–H and O–H groups in total. The molecule has 0 aliphatic carbocycles. The van der Waals surface area contributed by atoms with Crippen LogP contribution in [0.2, 0.25) is 0 Å². The second kappa shape index (κ2) is 8.48. The molecule has 120 valence electrons. The number of hydrogen-bond acceptors (Lipinski definition) is 2. The molecule has 2 rings (SSSR count). The third-order valence-electron chi connectivity index (χ3n) is 3.40. The minimum Gasteiger partial charge on any atom is -0.347 e. The van der Waals surface area contributed by atoms with E-state index < -0.39 is 0 Å². The lowest BCUT2D eigenvalue weighted by atomic mass is 10.1. The van der Waals surface area contributed by atoms with Crippen molar-refractivity contribution >= 4 is 33.4 Å².